The highest BCUT2D eigenvalue weighted by Gasteiger charge is 2.44. The first-order valence-corrected chi connectivity index (χ1v) is 8.27. The topological polar surface area (TPSA) is 46.6 Å². The second-order valence-corrected chi connectivity index (χ2v) is 6.44. The molecule has 2 aliphatic rings. The molecule has 2 aromatic rings. The van der Waals surface area contributed by atoms with Gasteiger partial charge in [-0.05, 0) is 36.4 Å². The summed E-state index contributed by atoms with van der Waals surface area (Å²) in [5.41, 5.74) is 1.07. The van der Waals surface area contributed by atoms with Gasteiger partial charge in [0.25, 0.3) is 0 Å². The Morgan fingerprint density at radius 3 is 2.50 bits per heavy atom. The van der Waals surface area contributed by atoms with E-state index in [4.69, 9.17) is 16.3 Å². The molecule has 1 amide bonds. The van der Waals surface area contributed by atoms with Crippen LogP contribution in [0, 0.1) is 11.6 Å². The van der Waals surface area contributed by atoms with Gasteiger partial charge in [-0.1, -0.05) is 17.7 Å². The molecule has 0 fully saturated rings. The van der Waals surface area contributed by atoms with Crippen molar-refractivity contribution in [3.05, 3.63) is 76.0 Å². The summed E-state index contributed by atoms with van der Waals surface area (Å²) in [5, 5.41) is 0.143. The average Bonchev–Trinajstić information content (AvgIpc) is 2.98. The van der Waals surface area contributed by atoms with Gasteiger partial charge in [-0.25, -0.2) is 13.6 Å². The Bertz CT molecular complexity index is 936. The first-order valence-electron chi connectivity index (χ1n) is 7.90. The molecular weight excluding hydrogens is 364 g/mol. The molecule has 4 rings (SSSR count). The number of nitrogens with zero attached hydrogens (tertiary/aromatic N) is 1. The van der Waals surface area contributed by atoms with Crippen LogP contribution < -0.4 is 4.90 Å². The molecular formula is C19H12ClF2NO3. The van der Waals surface area contributed by atoms with Crippen LogP contribution in [0.25, 0.3) is 0 Å². The van der Waals surface area contributed by atoms with Crippen LogP contribution in [0.3, 0.4) is 0 Å². The number of hydrogen-bond donors (Lipinski definition) is 0. The van der Waals surface area contributed by atoms with E-state index < -0.39 is 23.5 Å². The van der Waals surface area contributed by atoms with Gasteiger partial charge in [0.2, 0.25) is 5.91 Å². The standard InChI is InChI=1S/C19H12ClF2NO3/c20-13-2-1-3-14(22)17(13)12-8-16(24)23(11-6-4-10(21)5-7-11)15-9-26-19(25)18(12)15/h1-7,12H,8-9H2. The maximum absolute atomic E-state index is 14.4. The largest absolute Gasteiger partial charge is 0.456 e. The van der Waals surface area contributed by atoms with Crippen molar-refractivity contribution in [1.82, 2.24) is 0 Å². The summed E-state index contributed by atoms with van der Waals surface area (Å²) in [4.78, 5) is 26.4. The Morgan fingerprint density at radius 1 is 1.08 bits per heavy atom. The third-order valence-corrected chi connectivity index (χ3v) is 4.88. The van der Waals surface area contributed by atoms with Crippen molar-refractivity contribution in [2.45, 2.75) is 12.3 Å². The zero-order valence-electron chi connectivity index (χ0n) is 13.3. The molecule has 132 valence electrons. The maximum Gasteiger partial charge on any atom is 0.336 e. The number of rotatable bonds is 2. The van der Waals surface area contributed by atoms with Gasteiger partial charge in [-0.15, -0.1) is 0 Å². The van der Waals surface area contributed by atoms with E-state index in [1.807, 2.05) is 0 Å². The van der Waals surface area contributed by atoms with Gasteiger partial charge in [-0.3, -0.25) is 9.69 Å². The molecule has 0 saturated carbocycles. The second-order valence-electron chi connectivity index (χ2n) is 6.03. The molecule has 2 aromatic carbocycles. The average molecular weight is 376 g/mol. The smallest absolute Gasteiger partial charge is 0.336 e. The fourth-order valence-corrected chi connectivity index (χ4v) is 3.73. The molecule has 1 unspecified atom stereocenters. The van der Waals surface area contributed by atoms with E-state index in [-0.39, 0.29) is 35.1 Å². The van der Waals surface area contributed by atoms with E-state index >= 15 is 0 Å². The van der Waals surface area contributed by atoms with Crippen LogP contribution >= 0.6 is 11.6 Å². The molecule has 7 heteroatoms. The fourth-order valence-electron chi connectivity index (χ4n) is 3.43. The Hall–Kier alpha value is -2.73. The van der Waals surface area contributed by atoms with E-state index in [9.17, 15) is 18.4 Å². The van der Waals surface area contributed by atoms with E-state index in [0.717, 1.165) is 0 Å². The maximum atomic E-state index is 14.4. The minimum absolute atomic E-state index is 0.104. The lowest BCUT2D eigenvalue weighted by atomic mass is 9.83. The second kappa shape index (κ2) is 6.21. The molecule has 0 radical (unpaired) electrons. The molecule has 0 saturated heterocycles. The van der Waals surface area contributed by atoms with Crippen molar-refractivity contribution in [2.75, 3.05) is 11.5 Å². The lowest BCUT2D eigenvalue weighted by Gasteiger charge is -2.32. The van der Waals surface area contributed by atoms with Crippen LogP contribution in [-0.2, 0) is 14.3 Å². The van der Waals surface area contributed by atoms with Gasteiger partial charge in [0.1, 0.15) is 18.2 Å². The summed E-state index contributed by atoms with van der Waals surface area (Å²) in [6, 6.07) is 9.53. The van der Waals surface area contributed by atoms with Crippen LogP contribution in [0.2, 0.25) is 5.02 Å². The predicted octanol–water partition coefficient (Wildman–Crippen LogP) is 3.95. The van der Waals surface area contributed by atoms with E-state index in [1.165, 1.54) is 47.4 Å². The molecule has 1 atom stereocenters. The lowest BCUT2D eigenvalue weighted by Crippen LogP contribution is -2.37. The number of halogens is 3. The summed E-state index contributed by atoms with van der Waals surface area (Å²) in [6.45, 7) is -0.111. The highest BCUT2D eigenvalue weighted by molar-refractivity contribution is 6.31. The number of hydrogen-bond acceptors (Lipinski definition) is 3. The number of cyclic esters (lactones) is 1. The zero-order valence-corrected chi connectivity index (χ0v) is 14.1. The molecule has 0 aliphatic carbocycles. The van der Waals surface area contributed by atoms with Gasteiger partial charge in [0.15, 0.2) is 0 Å². The predicted molar refractivity (Wildman–Crippen MR) is 90.6 cm³/mol. The summed E-state index contributed by atoms with van der Waals surface area (Å²) >= 11 is 6.14. The normalized spacial score (nSPS) is 19.7. The minimum atomic E-state index is -0.821. The number of ether oxygens (including phenoxy) is 1. The zero-order chi connectivity index (χ0) is 18.4. The van der Waals surface area contributed by atoms with E-state index in [2.05, 4.69) is 0 Å². The molecule has 0 N–H and O–H groups in total. The Morgan fingerprint density at radius 2 is 1.81 bits per heavy atom. The summed E-state index contributed by atoms with van der Waals surface area (Å²) in [6.07, 6.45) is -0.147. The van der Waals surface area contributed by atoms with Gasteiger partial charge in [-0.2, -0.15) is 0 Å². The van der Waals surface area contributed by atoms with Gasteiger partial charge in [0.05, 0.1) is 11.3 Å². The monoisotopic (exact) mass is 375 g/mol. The van der Waals surface area contributed by atoms with Crippen molar-refractivity contribution in [3.8, 4) is 0 Å². The van der Waals surface area contributed by atoms with Crippen molar-refractivity contribution >= 4 is 29.2 Å². The number of amides is 1. The van der Waals surface area contributed by atoms with Crippen molar-refractivity contribution in [3.63, 3.8) is 0 Å². The number of esters is 1. The molecule has 0 bridgehead atoms. The Labute approximate surface area is 152 Å². The first-order chi connectivity index (χ1) is 12.5. The van der Waals surface area contributed by atoms with Crippen molar-refractivity contribution in [2.24, 2.45) is 0 Å². The van der Waals surface area contributed by atoms with E-state index in [0.29, 0.717) is 11.4 Å². The summed E-state index contributed by atoms with van der Waals surface area (Å²) < 4.78 is 32.7. The van der Waals surface area contributed by atoms with Gasteiger partial charge in [0, 0.05) is 28.6 Å². The Balaban J connectivity index is 1.87. The fraction of sp³-hybridized carbons (Fsp3) is 0.158. The van der Waals surface area contributed by atoms with Crippen LogP contribution in [0.4, 0.5) is 14.5 Å². The number of benzene rings is 2. The SMILES string of the molecule is O=C1OCC2=C1C(c1c(F)cccc1Cl)CC(=O)N2c1ccc(F)cc1. The third kappa shape index (κ3) is 2.57. The van der Waals surface area contributed by atoms with Crippen LogP contribution in [0.1, 0.15) is 17.9 Å². The van der Waals surface area contributed by atoms with E-state index in [1.54, 1.807) is 0 Å². The lowest BCUT2D eigenvalue weighted by molar-refractivity contribution is -0.136. The highest BCUT2D eigenvalue weighted by atomic mass is 35.5. The first kappa shape index (κ1) is 16.7. The number of carbonyl (C=O) groups is 2. The van der Waals surface area contributed by atoms with Crippen LogP contribution in [0.5, 0.6) is 0 Å². The Kier molecular flexibility index (Phi) is 4.00. The molecule has 0 aromatic heterocycles. The van der Waals surface area contributed by atoms with Crippen LogP contribution in [0.15, 0.2) is 53.7 Å². The van der Waals surface area contributed by atoms with Gasteiger partial charge < -0.3 is 4.74 Å². The molecule has 0 spiro atoms. The van der Waals surface area contributed by atoms with Crippen molar-refractivity contribution in [1.29, 1.82) is 0 Å². The molecule has 26 heavy (non-hydrogen) atoms. The summed E-state index contributed by atoms with van der Waals surface area (Å²) in [5.74, 6) is -2.81. The highest BCUT2D eigenvalue weighted by Crippen LogP contribution is 2.44. The van der Waals surface area contributed by atoms with Gasteiger partial charge >= 0.3 is 5.97 Å². The number of anilines is 1. The molecule has 2 aliphatic heterocycles. The van der Waals surface area contributed by atoms with Crippen molar-refractivity contribution < 1.29 is 23.1 Å². The third-order valence-electron chi connectivity index (χ3n) is 4.55. The molecule has 2 heterocycles. The number of carbonyl (C=O) groups excluding carboxylic acids is 2. The van der Waals surface area contributed by atoms with Crippen LogP contribution in [-0.4, -0.2) is 18.5 Å². The quantitative estimate of drug-likeness (QED) is 0.747. The minimum Gasteiger partial charge on any atom is -0.456 e. The molecule has 4 nitrogen and oxygen atoms in total. The summed E-state index contributed by atoms with van der Waals surface area (Å²) in [7, 11) is 0.